The molecule has 0 saturated heterocycles. The van der Waals surface area contributed by atoms with E-state index in [9.17, 15) is 19.5 Å². The van der Waals surface area contributed by atoms with Crippen molar-refractivity contribution in [2.45, 2.75) is 26.8 Å². The summed E-state index contributed by atoms with van der Waals surface area (Å²) in [4.78, 5) is 45.6. The Kier molecular flexibility index (Phi) is 5.02. The Balaban J connectivity index is 1.79. The van der Waals surface area contributed by atoms with Crippen molar-refractivity contribution < 1.29 is 23.8 Å². The van der Waals surface area contributed by atoms with Gasteiger partial charge in [-0.2, -0.15) is 0 Å². The minimum atomic E-state index is -0.846. The number of carbonyl (C=O) groups excluding carboxylic acids is 2. The highest BCUT2D eigenvalue weighted by Gasteiger charge is 2.45. The number of anilines is 1. The van der Waals surface area contributed by atoms with Gasteiger partial charge in [-0.05, 0) is 61.7 Å². The molecule has 5 rings (SSSR count). The summed E-state index contributed by atoms with van der Waals surface area (Å²) in [7, 11) is 1.27. The molecule has 1 N–H and O–H groups in total. The van der Waals surface area contributed by atoms with Gasteiger partial charge in [0.2, 0.25) is 5.76 Å². The molecule has 0 unspecified atom stereocenters. The molecule has 1 aliphatic heterocycles. The van der Waals surface area contributed by atoms with Crippen molar-refractivity contribution >= 4 is 39.3 Å². The van der Waals surface area contributed by atoms with Gasteiger partial charge in [0.05, 0.1) is 29.8 Å². The van der Waals surface area contributed by atoms with Crippen LogP contribution in [0.1, 0.15) is 54.2 Å². The Morgan fingerprint density at radius 3 is 2.47 bits per heavy atom. The number of nitrogens with zero attached hydrogens (tertiary/aromatic N) is 2. The lowest BCUT2D eigenvalue weighted by atomic mass is 9.97. The van der Waals surface area contributed by atoms with Gasteiger partial charge in [0.15, 0.2) is 10.6 Å². The van der Waals surface area contributed by atoms with E-state index in [4.69, 9.17) is 9.15 Å². The number of hydrogen-bond donors (Lipinski definition) is 1. The lowest BCUT2D eigenvalue weighted by molar-refractivity contribution is 0.0605. The maximum atomic E-state index is 13.7. The van der Waals surface area contributed by atoms with Gasteiger partial charge in [-0.25, -0.2) is 9.78 Å². The number of amides is 1. The second-order valence-corrected chi connectivity index (χ2v) is 9.16. The van der Waals surface area contributed by atoms with Crippen LogP contribution >= 0.6 is 11.3 Å². The maximum Gasteiger partial charge on any atom is 0.350 e. The number of carbonyl (C=O) groups is 2. The standard InChI is InChI=1S/C25H20N2O6S/c1-11-9-16-17(10-12(11)2)33-21-18(20(16)29)19(14-5-7-15(28)8-6-14)27(23(21)30)25-26-13(3)22(34-25)24(31)32-4/h5-10,19,28H,1-4H3/t19-/m0/s1. The molecule has 3 heterocycles. The zero-order valence-electron chi connectivity index (χ0n) is 18.8. The average Bonchev–Trinajstić information content (AvgIpc) is 3.33. The molecule has 0 saturated carbocycles. The third kappa shape index (κ3) is 3.19. The number of rotatable bonds is 3. The number of esters is 1. The molecular weight excluding hydrogens is 456 g/mol. The monoisotopic (exact) mass is 476 g/mol. The van der Waals surface area contributed by atoms with E-state index in [1.807, 2.05) is 13.8 Å². The van der Waals surface area contributed by atoms with Gasteiger partial charge in [-0.3, -0.25) is 14.5 Å². The molecule has 0 fully saturated rings. The molecule has 1 atom stereocenters. The van der Waals surface area contributed by atoms with Crippen molar-refractivity contribution in [2.24, 2.45) is 0 Å². The van der Waals surface area contributed by atoms with Crippen molar-refractivity contribution in [2.75, 3.05) is 12.0 Å². The number of aryl methyl sites for hydroxylation is 3. The third-order valence-corrected chi connectivity index (χ3v) is 7.19. The summed E-state index contributed by atoms with van der Waals surface area (Å²) in [6.45, 7) is 5.46. The van der Waals surface area contributed by atoms with Crippen LogP contribution in [0.25, 0.3) is 11.0 Å². The van der Waals surface area contributed by atoms with Gasteiger partial charge in [0.25, 0.3) is 5.91 Å². The van der Waals surface area contributed by atoms with E-state index < -0.39 is 17.9 Å². The van der Waals surface area contributed by atoms with Gasteiger partial charge < -0.3 is 14.3 Å². The van der Waals surface area contributed by atoms with Crippen LogP contribution in [0.2, 0.25) is 0 Å². The molecule has 0 spiro atoms. The second-order valence-electron chi connectivity index (χ2n) is 8.18. The first-order valence-electron chi connectivity index (χ1n) is 10.5. The molecule has 4 aromatic rings. The van der Waals surface area contributed by atoms with Crippen molar-refractivity contribution in [3.8, 4) is 5.75 Å². The Hall–Kier alpha value is -3.98. The molecule has 34 heavy (non-hydrogen) atoms. The molecular formula is C25H20N2O6S. The molecule has 9 heteroatoms. The average molecular weight is 477 g/mol. The number of benzene rings is 2. The fourth-order valence-corrected chi connectivity index (χ4v) is 5.18. The number of phenols is 1. The summed E-state index contributed by atoms with van der Waals surface area (Å²) in [6, 6.07) is 8.92. The molecule has 172 valence electrons. The summed E-state index contributed by atoms with van der Waals surface area (Å²) in [5.41, 5.74) is 3.08. The number of ether oxygens (including phenoxy) is 1. The van der Waals surface area contributed by atoms with Crippen molar-refractivity contribution in [1.82, 2.24) is 4.98 Å². The van der Waals surface area contributed by atoms with Crippen LogP contribution in [0.3, 0.4) is 0 Å². The Morgan fingerprint density at radius 2 is 1.79 bits per heavy atom. The predicted octanol–water partition coefficient (Wildman–Crippen LogP) is 4.42. The molecule has 2 aromatic carbocycles. The van der Waals surface area contributed by atoms with Crippen LogP contribution in [0, 0.1) is 20.8 Å². The maximum absolute atomic E-state index is 13.7. The predicted molar refractivity (Wildman–Crippen MR) is 127 cm³/mol. The quantitative estimate of drug-likeness (QED) is 0.436. The second kappa shape index (κ2) is 7.81. The Labute approximate surface area is 198 Å². The Bertz CT molecular complexity index is 1550. The largest absolute Gasteiger partial charge is 0.508 e. The molecule has 1 aliphatic rings. The van der Waals surface area contributed by atoms with Crippen LogP contribution in [0.5, 0.6) is 5.75 Å². The van der Waals surface area contributed by atoms with E-state index >= 15 is 0 Å². The number of fused-ring (bicyclic) bond motifs is 2. The third-order valence-electron chi connectivity index (χ3n) is 6.06. The number of thiazole rings is 1. The first kappa shape index (κ1) is 21.8. The van der Waals surface area contributed by atoms with E-state index in [1.54, 1.807) is 31.2 Å². The summed E-state index contributed by atoms with van der Waals surface area (Å²) in [5, 5.41) is 10.4. The van der Waals surface area contributed by atoms with Gasteiger partial charge in [0.1, 0.15) is 16.2 Å². The Morgan fingerprint density at radius 1 is 1.12 bits per heavy atom. The van der Waals surface area contributed by atoms with Crippen molar-refractivity contribution in [3.05, 3.63) is 85.2 Å². The zero-order valence-corrected chi connectivity index (χ0v) is 19.6. The summed E-state index contributed by atoms with van der Waals surface area (Å²) in [6.07, 6.45) is 0. The van der Waals surface area contributed by atoms with Gasteiger partial charge in [-0.15, -0.1) is 0 Å². The fourth-order valence-electron chi connectivity index (χ4n) is 4.16. The van der Waals surface area contributed by atoms with Gasteiger partial charge >= 0.3 is 5.97 Å². The lowest BCUT2D eigenvalue weighted by Crippen LogP contribution is -2.29. The molecule has 8 nitrogen and oxygen atoms in total. The van der Waals surface area contributed by atoms with Crippen LogP contribution in [0.4, 0.5) is 5.13 Å². The van der Waals surface area contributed by atoms with Crippen LogP contribution in [-0.4, -0.2) is 29.1 Å². The lowest BCUT2D eigenvalue weighted by Gasteiger charge is -2.22. The zero-order chi connectivity index (χ0) is 24.3. The van der Waals surface area contributed by atoms with E-state index in [2.05, 4.69) is 4.98 Å². The number of aromatic nitrogens is 1. The molecule has 2 aromatic heterocycles. The molecule has 1 amide bonds. The highest BCUT2D eigenvalue weighted by atomic mass is 32.1. The summed E-state index contributed by atoms with van der Waals surface area (Å²) >= 11 is 1.01. The van der Waals surface area contributed by atoms with Gasteiger partial charge in [0, 0.05) is 0 Å². The molecule has 0 aliphatic carbocycles. The molecule has 0 radical (unpaired) electrons. The SMILES string of the molecule is COC(=O)c1sc(N2C(=O)c3oc4cc(C)c(C)cc4c(=O)c3[C@@H]2c2ccc(O)cc2)nc1C. The minimum absolute atomic E-state index is 0.0505. The van der Waals surface area contributed by atoms with Crippen LogP contribution in [0.15, 0.2) is 45.6 Å². The normalized spacial score (nSPS) is 15.1. The minimum Gasteiger partial charge on any atom is -0.508 e. The summed E-state index contributed by atoms with van der Waals surface area (Å²) in [5.74, 6) is -1.10. The number of hydrogen-bond acceptors (Lipinski definition) is 8. The van der Waals surface area contributed by atoms with E-state index in [-0.39, 0.29) is 32.5 Å². The van der Waals surface area contributed by atoms with E-state index in [0.717, 1.165) is 22.5 Å². The fraction of sp³-hybridized carbons (Fsp3) is 0.200. The number of aromatic hydroxyl groups is 1. The first-order chi connectivity index (χ1) is 16.2. The smallest absolute Gasteiger partial charge is 0.350 e. The summed E-state index contributed by atoms with van der Waals surface area (Å²) < 4.78 is 10.8. The molecule has 0 bridgehead atoms. The topological polar surface area (TPSA) is 110 Å². The highest BCUT2D eigenvalue weighted by molar-refractivity contribution is 7.17. The number of methoxy groups -OCH3 is 1. The first-order valence-corrected chi connectivity index (χ1v) is 11.3. The van der Waals surface area contributed by atoms with E-state index in [0.29, 0.717) is 22.2 Å². The van der Waals surface area contributed by atoms with E-state index in [1.165, 1.54) is 24.1 Å². The number of phenolic OH excluding ortho intramolecular Hbond substituents is 1. The van der Waals surface area contributed by atoms with Crippen molar-refractivity contribution in [1.29, 1.82) is 0 Å². The van der Waals surface area contributed by atoms with Gasteiger partial charge in [-0.1, -0.05) is 23.5 Å². The van der Waals surface area contributed by atoms with Crippen molar-refractivity contribution in [3.63, 3.8) is 0 Å². The van der Waals surface area contributed by atoms with Crippen LogP contribution in [-0.2, 0) is 4.74 Å². The highest BCUT2D eigenvalue weighted by Crippen LogP contribution is 2.43. The van der Waals surface area contributed by atoms with Crippen LogP contribution < -0.4 is 10.3 Å².